The van der Waals surface area contributed by atoms with E-state index in [-0.39, 0.29) is 12.4 Å². The standard InChI is InChI=1S/C45H39BN4/c1-44(2)49(31-11-7-4-8-12-31)35-16-15-33-32-14-13-25-23-47(30-9-5-3-6-10-30)24-48-36-18-26(38-27-17-28-20-29-21-34(38)45(28,29)22-27)19-37-41(36)46(39(32)42(25)48)40(33)43(35)50(37)44/h3-16,18-19,27-29,34,38H,17,20-24H2,1-2H3. The molecule has 4 saturated carbocycles. The van der Waals surface area contributed by atoms with Crippen LogP contribution in [-0.4, -0.2) is 19.0 Å². The van der Waals surface area contributed by atoms with Crippen molar-refractivity contribution in [2.45, 2.75) is 57.7 Å². The second-order valence-corrected chi connectivity index (χ2v) is 17.7. The van der Waals surface area contributed by atoms with E-state index in [1.807, 2.05) is 0 Å². The van der Waals surface area contributed by atoms with Crippen molar-refractivity contribution in [3.63, 3.8) is 0 Å². The zero-order valence-corrected chi connectivity index (χ0v) is 28.7. The van der Waals surface area contributed by atoms with Gasteiger partial charge in [0.1, 0.15) is 5.66 Å². The molecule has 5 aromatic rings. The van der Waals surface area contributed by atoms with Gasteiger partial charge in [0.2, 0.25) is 0 Å². The number of benzene rings is 5. The molecule has 5 heterocycles. The molecule has 2 bridgehead atoms. The van der Waals surface area contributed by atoms with Crippen molar-refractivity contribution in [2.75, 3.05) is 26.3 Å². The van der Waals surface area contributed by atoms with Crippen LogP contribution in [0.3, 0.4) is 0 Å². The largest absolute Gasteiger partial charge is 0.349 e. The van der Waals surface area contributed by atoms with Gasteiger partial charge in [-0.15, -0.1) is 0 Å². The van der Waals surface area contributed by atoms with Crippen molar-refractivity contribution < 1.29 is 0 Å². The Labute approximate surface area is 294 Å². The molecule has 4 nitrogen and oxygen atoms in total. The highest BCUT2D eigenvalue weighted by Crippen LogP contribution is 2.84. The van der Waals surface area contributed by atoms with E-state index in [1.165, 1.54) is 82.2 Å². The van der Waals surface area contributed by atoms with Crippen LogP contribution in [0.15, 0.2) is 97.1 Å². The van der Waals surface area contributed by atoms with Gasteiger partial charge in [0, 0.05) is 35.0 Å². The van der Waals surface area contributed by atoms with Crippen molar-refractivity contribution in [1.29, 1.82) is 0 Å². The number of rotatable bonds is 3. The van der Waals surface area contributed by atoms with Crippen molar-refractivity contribution in [1.82, 2.24) is 0 Å². The summed E-state index contributed by atoms with van der Waals surface area (Å²) in [5, 5.41) is 0. The van der Waals surface area contributed by atoms with Crippen LogP contribution >= 0.6 is 0 Å². The van der Waals surface area contributed by atoms with Gasteiger partial charge >= 0.3 is 0 Å². The highest BCUT2D eigenvalue weighted by molar-refractivity contribution is 7.03. The monoisotopic (exact) mass is 646 g/mol. The zero-order valence-electron chi connectivity index (χ0n) is 28.7. The van der Waals surface area contributed by atoms with Crippen LogP contribution < -0.4 is 36.0 Å². The number of hydrogen-bond acceptors (Lipinski definition) is 4. The van der Waals surface area contributed by atoms with Crippen molar-refractivity contribution in [3.8, 4) is 11.1 Å². The van der Waals surface area contributed by atoms with E-state index in [2.05, 4.69) is 131 Å². The minimum atomic E-state index is -0.275. The van der Waals surface area contributed by atoms with E-state index in [0.29, 0.717) is 11.3 Å². The minimum Gasteiger partial charge on any atom is -0.349 e. The summed E-state index contributed by atoms with van der Waals surface area (Å²) in [6.45, 7) is 7.05. The summed E-state index contributed by atoms with van der Waals surface area (Å²) in [6.07, 6.45) is 5.98. The SMILES string of the molecule is CC1(C)N(c2ccccc2)c2ccc3c4c2N1c1cc(C2C5CC6CC7CC2C67C5)cc2c1B4c1c-3ccc3c1N2CN(c1ccccc1)C3. The summed E-state index contributed by atoms with van der Waals surface area (Å²) < 4.78 is 0. The molecule has 0 aromatic heterocycles. The number of hydrogen-bond donors (Lipinski definition) is 0. The lowest BCUT2D eigenvalue weighted by molar-refractivity contribution is -0.181. The fourth-order valence-corrected chi connectivity index (χ4v) is 14.3. The molecule has 0 saturated heterocycles. The molecule has 0 N–H and O–H groups in total. The van der Waals surface area contributed by atoms with Gasteiger partial charge in [-0.1, -0.05) is 54.6 Å². The third kappa shape index (κ3) is 2.62. The molecule has 0 radical (unpaired) electrons. The highest BCUT2D eigenvalue weighted by atomic mass is 15.5. The molecule has 0 amide bonds. The van der Waals surface area contributed by atoms with Crippen LogP contribution in [-0.2, 0) is 6.54 Å². The quantitative estimate of drug-likeness (QED) is 0.180. The highest BCUT2D eigenvalue weighted by Gasteiger charge is 2.76. The van der Waals surface area contributed by atoms with E-state index in [9.17, 15) is 0 Å². The molecule has 5 aliphatic heterocycles. The van der Waals surface area contributed by atoms with Crippen LogP contribution in [0.1, 0.15) is 56.6 Å². The van der Waals surface area contributed by atoms with Crippen LogP contribution in [0, 0.1) is 29.1 Å². The lowest BCUT2D eigenvalue weighted by Gasteiger charge is -2.68. The summed E-state index contributed by atoms with van der Waals surface area (Å²) in [4.78, 5) is 10.8. The van der Waals surface area contributed by atoms with Gasteiger partial charge in [0.15, 0.2) is 0 Å². The predicted molar refractivity (Wildman–Crippen MR) is 205 cm³/mol. The van der Waals surface area contributed by atoms with Gasteiger partial charge < -0.3 is 19.6 Å². The van der Waals surface area contributed by atoms with Gasteiger partial charge in [0.25, 0.3) is 6.71 Å². The second-order valence-electron chi connectivity index (χ2n) is 17.7. The molecule has 242 valence electrons. The van der Waals surface area contributed by atoms with Crippen LogP contribution in [0.2, 0.25) is 0 Å². The molecular formula is C45H39BN4. The van der Waals surface area contributed by atoms with E-state index in [1.54, 1.807) is 22.0 Å². The maximum absolute atomic E-state index is 2.80. The molecular weight excluding hydrogens is 607 g/mol. The Kier molecular flexibility index (Phi) is 4.26. The molecule has 50 heavy (non-hydrogen) atoms. The molecule has 6 unspecified atom stereocenters. The Balaban J connectivity index is 1.06. The molecule has 6 atom stereocenters. The van der Waals surface area contributed by atoms with Crippen molar-refractivity contribution in [2.24, 2.45) is 29.1 Å². The molecule has 9 aliphatic rings. The minimum absolute atomic E-state index is 0.275. The molecule has 4 aliphatic carbocycles. The van der Waals surface area contributed by atoms with E-state index in [0.717, 1.165) is 36.9 Å². The normalized spacial score (nSPS) is 30.8. The first-order valence-corrected chi connectivity index (χ1v) is 19.3. The van der Waals surface area contributed by atoms with Gasteiger partial charge in [0.05, 0.1) is 18.0 Å². The van der Waals surface area contributed by atoms with Gasteiger partial charge in [-0.05, 0) is 156 Å². The molecule has 5 heteroatoms. The first kappa shape index (κ1) is 26.2. The average molecular weight is 647 g/mol. The van der Waals surface area contributed by atoms with Crippen LogP contribution in [0.5, 0.6) is 0 Å². The maximum Gasteiger partial charge on any atom is 0.253 e. The molecule has 14 rings (SSSR count). The summed E-state index contributed by atoms with van der Waals surface area (Å²) >= 11 is 0. The summed E-state index contributed by atoms with van der Waals surface area (Å²) in [5.74, 6) is 4.52. The number of anilines is 7. The Morgan fingerprint density at radius 1 is 0.660 bits per heavy atom. The maximum atomic E-state index is 2.80. The third-order valence-electron chi connectivity index (χ3n) is 15.8. The van der Waals surface area contributed by atoms with Crippen molar-refractivity contribution >= 4 is 62.9 Å². The smallest absolute Gasteiger partial charge is 0.253 e. The molecule has 1 spiro atoms. The van der Waals surface area contributed by atoms with Gasteiger partial charge in [-0.25, -0.2) is 0 Å². The Hall–Kier alpha value is -4.64. The lowest BCUT2D eigenvalue weighted by Crippen LogP contribution is -2.64. The first-order chi connectivity index (χ1) is 24.5. The number of para-hydroxylation sites is 2. The van der Waals surface area contributed by atoms with E-state index < -0.39 is 0 Å². The fraction of sp³-hybridized carbons (Fsp3) is 0.333. The van der Waals surface area contributed by atoms with E-state index in [4.69, 9.17) is 0 Å². The second kappa shape index (κ2) is 8.12. The third-order valence-corrected chi connectivity index (χ3v) is 15.8. The van der Waals surface area contributed by atoms with Gasteiger partial charge in [-0.3, -0.25) is 0 Å². The zero-order chi connectivity index (χ0) is 32.4. The van der Waals surface area contributed by atoms with Crippen molar-refractivity contribution in [3.05, 3.63) is 108 Å². The fourth-order valence-electron chi connectivity index (χ4n) is 14.3. The first-order valence-electron chi connectivity index (χ1n) is 19.3. The molecule has 4 fully saturated rings. The van der Waals surface area contributed by atoms with Crippen LogP contribution in [0.4, 0.5) is 39.8 Å². The Morgan fingerprint density at radius 2 is 1.38 bits per heavy atom. The van der Waals surface area contributed by atoms with E-state index >= 15 is 0 Å². The topological polar surface area (TPSA) is 13.0 Å². The number of nitrogens with zero attached hydrogens (tertiary/aromatic N) is 4. The Morgan fingerprint density at radius 3 is 2.16 bits per heavy atom. The lowest BCUT2D eigenvalue weighted by atomic mass is 9.35. The predicted octanol–water partition coefficient (Wildman–Crippen LogP) is 8.10. The summed E-state index contributed by atoms with van der Waals surface area (Å²) in [5.41, 5.74) is 20.9. The summed E-state index contributed by atoms with van der Waals surface area (Å²) in [6, 6.07) is 37.6. The molecule has 5 aromatic carbocycles. The summed E-state index contributed by atoms with van der Waals surface area (Å²) in [7, 11) is 0. The average Bonchev–Trinajstić information content (AvgIpc) is 3.83. The van der Waals surface area contributed by atoms with Crippen LogP contribution in [0.25, 0.3) is 11.1 Å². The Bertz CT molecular complexity index is 2400. The van der Waals surface area contributed by atoms with Gasteiger partial charge in [-0.2, -0.15) is 0 Å². The number of fused-ring (bicyclic) bond motifs is 4.